The van der Waals surface area contributed by atoms with Gasteiger partial charge in [0.2, 0.25) is 0 Å². The Labute approximate surface area is 134 Å². The van der Waals surface area contributed by atoms with Crippen molar-refractivity contribution in [2.24, 2.45) is 0 Å². The summed E-state index contributed by atoms with van der Waals surface area (Å²) in [5.74, 6) is 2.64. The van der Waals surface area contributed by atoms with Crippen LogP contribution in [0.4, 0.5) is 0 Å². The molecule has 116 valence electrons. The van der Waals surface area contributed by atoms with Crippen molar-refractivity contribution in [1.82, 2.24) is 9.80 Å². The van der Waals surface area contributed by atoms with E-state index in [4.69, 9.17) is 5.26 Å². The first-order chi connectivity index (χ1) is 9.49. The summed E-state index contributed by atoms with van der Waals surface area (Å²) in [5.41, 5.74) is -0.0523. The lowest BCUT2D eigenvalue weighted by Crippen LogP contribution is -2.38. The van der Waals surface area contributed by atoms with Crippen LogP contribution in [-0.4, -0.2) is 56.0 Å². The van der Waals surface area contributed by atoms with Gasteiger partial charge in [0, 0.05) is 11.9 Å². The van der Waals surface area contributed by atoms with Crippen LogP contribution in [0, 0.1) is 11.2 Å². The van der Waals surface area contributed by atoms with Crippen molar-refractivity contribution in [2.45, 2.75) is 57.3 Å². The molecule has 0 heterocycles. The SMILES string of the molecule is CN(C)CCCCCCCCCC(B(Br)C#N)N(C)C. The molecule has 0 amide bonds. The molecule has 0 rings (SSSR count). The van der Waals surface area contributed by atoms with Crippen molar-refractivity contribution in [3.8, 4) is 5.97 Å². The zero-order chi connectivity index (χ0) is 15.4. The van der Waals surface area contributed by atoms with Gasteiger partial charge >= 0.3 is 5.54 Å². The molecule has 0 bridgehead atoms. The average molecular weight is 344 g/mol. The summed E-state index contributed by atoms with van der Waals surface area (Å²) in [6, 6.07) is 0. The maximum Gasteiger partial charge on any atom is 0.359 e. The summed E-state index contributed by atoms with van der Waals surface area (Å²) in [6.07, 6.45) is 10.4. The van der Waals surface area contributed by atoms with Crippen LogP contribution in [0.15, 0.2) is 0 Å². The zero-order valence-electron chi connectivity index (χ0n) is 13.7. The summed E-state index contributed by atoms with van der Waals surface area (Å²) in [5, 5.41) is 8.99. The molecule has 5 heteroatoms. The Kier molecular flexibility index (Phi) is 12.6. The van der Waals surface area contributed by atoms with E-state index in [1.807, 2.05) is 0 Å². The van der Waals surface area contributed by atoms with Crippen molar-refractivity contribution < 1.29 is 0 Å². The topological polar surface area (TPSA) is 30.3 Å². The Morgan fingerprint density at radius 1 is 0.950 bits per heavy atom. The smallest absolute Gasteiger partial charge is 0.311 e. The molecule has 0 aliphatic heterocycles. The van der Waals surface area contributed by atoms with E-state index in [-0.39, 0.29) is 5.54 Å². The van der Waals surface area contributed by atoms with Gasteiger partial charge in [-0.3, -0.25) is 0 Å². The second-order valence-corrected chi connectivity index (χ2v) is 7.12. The highest BCUT2D eigenvalue weighted by Gasteiger charge is 2.24. The maximum atomic E-state index is 8.99. The van der Waals surface area contributed by atoms with Crippen molar-refractivity contribution in [2.75, 3.05) is 34.7 Å². The van der Waals surface area contributed by atoms with E-state index < -0.39 is 0 Å². The molecule has 0 fully saturated rings. The molecule has 0 aromatic carbocycles. The standard InChI is InChI=1S/C15H31BBrN3/c1-19(2)13-11-9-7-5-6-8-10-12-15(20(3)4)16(17)14-18/h15H,5-13H2,1-4H3. The second kappa shape index (κ2) is 12.7. The van der Waals surface area contributed by atoms with Gasteiger partial charge in [0.25, 0.3) is 0 Å². The Hall–Kier alpha value is -0.0451. The molecule has 3 nitrogen and oxygen atoms in total. The third kappa shape index (κ3) is 10.7. The first-order valence-electron chi connectivity index (χ1n) is 7.84. The monoisotopic (exact) mass is 343 g/mol. The number of nitrogens with zero attached hydrogens (tertiary/aromatic N) is 3. The number of unbranched alkanes of at least 4 members (excludes halogenated alkanes) is 6. The van der Waals surface area contributed by atoms with Crippen molar-refractivity contribution in [3.05, 3.63) is 0 Å². The van der Waals surface area contributed by atoms with E-state index in [2.05, 4.69) is 59.7 Å². The number of halogens is 1. The number of rotatable bonds is 12. The molecule has 20 heavy (non-hydrogen) atoms. The van der Waals surface area contributed by atoms with Gasteiger partial charge in [-0.1, -0.05) is 38.5 Å². The van der Waals surface area contributed by atoms with Gasteiger partial charge in [-0.15, -0.1) is 15.8 Å². The van der Waals surface area contributed by atoms with E-state index in [9.17, 15) is 0 Å². The molecule has 0 saturated heterocycles. The highest BCUT2D eigenvalue weighted by molar-refractivity contribution is 9.25. The van der Waals surface area contributed by atoms with E-state index >= 15 is 0 Å². The summed E-state index contributed by atoms with van der Waals surface area (Å²) < 4.78 is 0. The van der Waals surface area contributed by atoms with Crippen molar-refractivity contribution in [1.29, 1.82) is 5.26 Å². The lowest BCUT2D eigenvalue weighted by Gasteiger charge is -2.23. The number of hydrogen-bond acceptors (Lipinski definition) is 3. The van der Waals surface area contributed by atoms with Crippen LogP contribution in [0.1, 0.15) is 51.4 Å². The molecule has 0 aromatic rings. The third-order valence-corrected chi connectivity index (χ3v) is 4.54. The fourth-order valence-electron chi connectivity index (χ4n) is 2.42. The van der Waals surface area contributed by atoms with Crippen LogP contribution in [0.25, 0.3) is 0 Å². The fourth-order valence-corrected chi connectivity index (χ4v) is 3.15. The minimum atomic E-state index is -0.0523. The van der Waals surface area contributed by atoms with Gasteiger partial charge in [0.05, 0.1) is 0 Å². The van der Waals surface area contributed by atoms with Crippen LogP contribution in [0.5, 0.6) is 0 Å². The van der Waals surface area contributed by atoms with Gasteiger partial charge in [0.1, 0.15) is 0 Å². The van der Waals surface area contributed by atoms with Gasteiger partial charge in [-0.2, -0.15) is 0 Å². The molecular weight excluding hydrogens is 313 g/mol. The molecule has 1 atom stereocenters. The first kappa shape index (κ1) is 20.0. The molecule has 0 N–H and O–H groups in total. The van der Waals surface area contributed by atoms with Crippen LogP contribution < -0.4 is 0 Å². The largest absolute Gasteiger partial charge is 0.359 e. The summed E-state index contributed by atoms with van der Waals surface area (Å²) in [4.78, 5) is 4.41. The Balaban J connectivity index is 3.49. The molecular formula is C15H31BBrN3. The maximum absolute atomic E-state index is 8.99. The first-order valence-corrected chi connectivity index (χ1v) is 8.75. The summed E-state index contributed by atoms with van der Waals surface area (Å²) >= 11 is 3.46. The normalized spacial score (nSPS) is 12.7. The molecule has 0 radical (unpaired) electrons. The van der Waals surface area contributed by atoms with E-state index in [0.717, 1.165) is 6.42 Å². The molecule has 0 aromatic heterocycles. The predicted octanol–water partition coefficient (Wildman–Crippen LogP) is 3.59. The summed E-state index contributed by atoms with van der Waals surface area (Å²) in [7, 11) is 8.39. The lowest BCUT2D eigenvalue weighted by atomic mass is 9.68. The lowest BCUT2D eigenvalue weighted by molar-refractivity contribution is 0.347. The average Bonchev–Trinajstić information content (AvgIpc) is 2.39. The van der Waals surface area contributed by atoms with Crippen LogP contribution in [0.3, 0.4) is 0 Å². The highest BCUT2D eigenvalue weighted by Crippen LogP contribution is 2.15. The third-order valence-electron chi connectivity index (χ3n) is 3.73. The Morgan fingerprint density at radius 2 is 1.45 bits per heavy atom. The minimum Gasteiger partial charge on any atom is -0.311 e. The summed E-state index contributed by atoms with van der Waals surface area (Å²) in [6.45, 7) is 1.21. The Bertz CT molecular complexity index is 266. The van der Waals surface area contributed by atoms with Gasteiger partial charge in [-0.05, 0) is 47.6 Å². The van der Waals surface area contributed by atoms with Gasteiger partial charge in [0.15, 0.2) is 0 Å². The molecule has 0 saturated carbocycles. The highest BCUT2D eigenvalue weighted by atomic mass is 79.9. The van der Waals surface area contributed by atoms with Crippen molar-refractivity contribution in [3.63, 3.8) is 0 Å². The van der Waals surface area contributed by atoms with Gasteiger partial charge < -0.3 is 9.80 Å². The van der Waals surface area contributed by atoms with Crippen LogP contribution >= 0.6 is 15.8 Å². The second-order valence-electron chi connectivity index (χ2n) is 6.13. The van der Waals surface area contributed by atoms with E-state index in [1.165, 1.54) is 51.5 Å². The van der Waals surface area contributed by atoms with Crippen LogP contribution in [0.2, 0.25) is 0 Å². The number of hydrogen-bond donors (Lipinski definition) is 0. The predicted molar refractivity (Wildman–Crippen MR) is 93.3 cm³/mol. The minimum absolute atomic E-state index is 0.0523. The number of nitriles is 1. The molecule has 1 unspecified atom stereocenters. The van der Waals surface area contributed by atoms with Gasteiger partial charge in [-0.25, -0.2) is 5.26 Å². The fraction of sp³-hybridized carbons (Fsp3) is 0.933. The van der Waals surface area contributed by atoms with Crippen LogP contribution in [-0.2, 0) is 0 Å². The quantitative estimate of drug-likeness (QED) is 0.400. The van der Waals surface area contributed by atoms with E-state index in [1.54, 1.807) is 0 Å². The van der Waals surface area contributed by atoms with E-state index in [0.29, 0.717) is 5.94 Å². The molecule has 0 aliphatic carbocycles. The zero-order valence-corrected chi connectivity index (χ0v) is 15.3. The molecule has 0 spiro atoms. The Morgan fingerprint density at radius 3 is 1.90 bits per heavy atom. The van der Waals surface area contributed by atoms with Crippen molar-refractivity contribution >= 4 is 21.3 Å². The molecule has 0 aliphatic rings.